The van der Waals surface area contributed by atoms with E-state index in [-0.39, 0.29) is 6.10 Å². The highest BCUT2D eigenvalue weighted by Crippen LogP contribution is 2.15. The molecule has 1 heterocycles. The minimum Gasteiger partial charge on any atom is -0.488 e. The van der Waals surface area contributed by atoms with Crippen molar-refractivity contribution in [1.82, 2.24) is 4.98 Å². The topological polar surface area (TPSA) is 93.2 Å². The Bertz CT molecular complexity index is 670. The van der Waals surface area contributed by atoms with E-state index in [4.69, 9.17) is 20.5 Å². The molecule has 1 aromatic carbocycles. The van der Waals surface area contributed by atoms with Crippen LogP contribution >= 0.6 is 0 Å². The Morgan fingerprint density at radius 1 is 1.33 bits per heavy atom. The Balaban J connectivity index is 1.62. The van der Waals surface area contributed by atoms with Crippen molar-refractivity contribution in [2.24, 2.45) is 0 Å². The van der Waals surface area contributed by atoms with Gasteiger partial charge in [-0.25, -0.2) is 4.98 Å². The third kappa shape index (κ3) is 5.78. The molecule has 0 saturated heterocycles. The lowest BCUT2D eigenvalue weighted by Gasteiger charge is -2.15. The van der Waals surface area contributed by atoms with Crippen LogP contribution in [0, 0.1) is 11.3 Å². The molecule has 2 rings (SSSR count). The van der Waals surface area contributed by atoms with E-state index in [1.165, 1.54) is 6.20 Å². The molecule has 1 unspecified atom stereocenters. The van der Waals surface area contributed by atoms with Crippen molar-refractivity contribution in [2.45, 2.75) is 19.4 Å². The molecule has 3 N–H and O–H groups in total. The molecule has 0 saturated carbocycles. The lowest BCUT2D eigenvalue weighted by Crippen LogP contribution is -2.20. The van der Waals surface area contributed by atoms with Crippen molar-refractivity contribution in [3.63, 3.8) is 0 Å². The van der Waals surface area contributed by atoms with Gasteiger partial charge in [-0.3, -0.25) is 0 Å². The van der Waals surface area contributed by atoms with Crippen LogP contribution in [-0.2, 0) is 4.74 Å². The van der Waals surface area contributed by atoms with Crippen LogP contribution in [0.3, 0.4) is 0 Å². The highest BCUT2D eigenvalue weighted by molar-refractivity contribution is 5.60. The van der Waals surface area contributed by atoms with E-state index in [0.29, 0.717) is 36.8 Å². The molecular weight excluding hydrogens is 304 g/mol. The lowest BCUT2D eigenvalue weighted by molar-refractivity contribution is 0.0585. The zero-order valence-electron chi connectivity index (χ0n) is 13.7. The molecular formula is C18H22N4O2. The second kappa shape index (κ2) is 9.38. The fourth-order valence-corrected chi connectivity index (χ4v) is 2.12. The Morgan fingerprint density at radius 3 is 2.88 bits per heavy atom. The number of nitrogens with zero attached hydrogens (tertiary/aromatic N) is 2. The van der Waals surface area contributed by atoms with Crippen molar-refractivity contribution in [2.75, 3.05) is 30.8 Å². The largest absolute Gasteiger partial charge is 0.488 e. The van der Waals surface area contributed by atoms with Crippen molar-refractivity contribution in [3.8, 4) is 11.8 Å². The fraction of sp³-hybridized carbons (Fsp3) is 0.333. The lowest BCUT2D eigenvalue weighted by atomic mass is 10.2. The van der Waals surface area contributed by atoms with Gasteiger partial charge in [0.1, 0.15) is 23.7 Å². The number of nitrogens with two attached hydrogens (primary N) is 1. The number of nitriles is 1. The fourth-order valence-electron chi connectivity index (χ4n) is 2.12. The third-order valence-corrected chi connectivity index (χ3v) is 3.26. The number of aromatic nitrogens is 1. The molecule has 24 heavy (non-hydrogen) atoms. The monoisotopic (exact) mass is 326 g/mol. The first kappa shape index (κ1) is 17.6. The van der Waals surface area contributed by atoms with Crippen molar-refractivity contribution >= 4 is 11.5 Å². The van der Waals surface area contributed by atoms with E-state index in [1.807, 2.05) is 37.3 Å². The molecule has 0 amide bonds. The summed E-state index contributed by atoms with van der Waals surface area (Å²) in [7, 11) is 0. The van der Waals surface area contributed by atoms with Gasteiger partial charge >= 0.3 is 0 Å². The van der Waals surface area contributed by atoms with Crippen molar-refractivity contribution in [1.29, 1.82) is 5.26 Å². The van der Waals surface area contributed by atoms with Gasteiger partial charge in [0.25, 0.3) is 0 Å². The molecule has 6 nitrogen and oxygen atoms in total. The zero-order valence-corrected chi connectivity index (χ0v) is 13.7. The smallest absolute Gasteiger partial charge is 0.125 e. The van der Waals surface area contributed by atoms with E-state index < -0.39 is 0 Å². The summed E-state index contributed by atoms with van der Waals surface area (Å²) in [5.74, 6) is 1.23. The predicted molar refractivity (Wildman–Crippen MR) is 93.8 cm³/mol. The second-order valence-corrected chi connectivity index (χ2v) is 5.36. The van der Waals surface area contributed by atoms with Gasteiger partial charge in [-0.2, -0.15) is 5.26 Å². The van der Waals surface area contributed by atoms with Crippen LogP contribution in [0.5, 0.6) is 5.75 Å². The first-order chi connectivity index (χ1) is 11.7. The number of nitrogens with one attached hydrogen (secondary N) is 1. The second-order valence-electron chi connectivity index (χ2n) is 5.36. The van der Waals surface area contributed by atoms with Crippen LogP contribution in [0.1, 0.15) is 18.9 Å². The zero-order chi connectivity index (χ0) is 17.2. The highest BCUT2D eigenvalue weighted by Gasteiger charge is 2.05. The van der Waals surface area contributed by atoms with Crippen LogP contribution in [0.2, 0.25) is 0 Å². The molecule has 0 spiro atoms. The average molecular weight is 326 g/mol. The Labute approximate surface area is 142 Å². The van der Waals surface area contributed by atoms with Crippen LogP contribution in [0.15, 0.2) is 42.6 Å². The van der Waals surface area contributed by atoms with Gasteiger partial charge in [0, 0.05) is 25.4 Å². The van der Waals surface area contributed by atoms with Gasteiger partial charge < -0.3 is 20.5 Å². The summed E-state index contributed by atoms with van der Waals surface area (Å²) in [6.45, 7) is 3.80. The molecule has 2 aromatic rings. The van der Waals surface area contributed by atoms with Gasteiger partial charge in [0.15, 0.2) is 0 Å². The summed E-state index contributed by atoms with van der Waals surface area (Å²) in [6.07, 6.45) is 2.27. The van der Waals surface area contributed by atoms with Crippen molar-refractivity contribution in [3.05, 3.63) is 48.2 Å². The maximum Gasteiger partial charge on any atom is 0.125 e. The van der Waals surface area contributed by atoms with Crippen molar-refractivity contribution < 1.29 is 9.47 Å². The van der Waals surface area contributed by atoms with Gasteiger partial charge in [-0.15, -0.1) is 0 Å². The number of nitrogen functional groups attached to an aromatic ring is 1. The molecule has 126 valence electrons. The number of para-hydroxylation sites is 1. The predicted octanol–water partition coefficient (Wildman–Crippen LogP) is 2.82. The molecule has 1 aromatic heterocycles. The van der Waals surface area contributed by atoms with E-state index in [1.54, 1.807) is 6.07 Å². The van der Waals surface area contributed by atoms with Gasteiger partial charge in [0.2, 0.25) is 0 Å². The van der Waals surface area contributed by atoms with E-state index in [2.05, 4.69) is 16.4 Å². The molecule has 0 aliphatic carbocycles. The normalized spacial score (nSPS) is 11.5. The van der Waals surface area contributed by atoms with E-state index in [9.17, 15) is 0 Å². The Kier molecular flexibility index (Phi) is 6.87. The minimum absolute atomic E-state index is 0.00875. The molecule has 6 heteroatoms. The number of anilines is 2. The number of hydrogen-bond acceptors (Lipinski definition) is 6. The minimum atomic E-state index is -0.00875. The molecule has 0 aliphatic heterocycles. The van der Waals surface area contributed by atoms with Crippen LogP contribution in [0.25, 0.3) is 0 Å². The van der Waals surface area contributed by atoms with Crippen LogP contribution in [-0.4, -0.2) is 30.8 Å². The van der Waals surface area contributed by atoms with E-state index in [0.717, 1.165) is 12.2 Å². The van der Waals surface area contributed by atoms with Crippen LogP contribution < -0.4 is 15.8 Å². The summed E-state index contributed by atoms with van der Waals surface area (Å²) in [4.78, 5) is 3.90. The molecule has 0 radical (unpaired) electrons. The summed E-state index contributed by atoms with van der Waals surface area (Å²) in [5.41, 5.74) is 6.81. The standard InChI is InChI=1S/C18H22N4O2/c1-14(24-16-6-3-2-4-7-16)13-23-9-5-8-21-17-10-18(20)22-12-15(17)11-19/h2-4,6-7,10,12,14H,5,8-9,13H2,1H3,(H3,20,21,22). The van der Waals surface area contributed by atoms with Gasteiger partial charge in [-0.05, 0) is 25.5 Å². The Hall–Kier alpha value is -2.78. The van der Waals surface area contributed by atoms with E-state index >= 15 is 0 Å². The van der Waals surface area contributed by atoms with Gasteiger partial charge in [0.05, 0.1) is 17.9 Å². The van der Waals surface area contributed by atoms with Gasteiger partial charge in [-0.1, -0.05) is 18.2 Å². The molecule has 0 bridgehead atoms. The number of pyridine rings is 1. The first-order valence-corrected chi connectivity index (χ1v) is 7.88. The average Bonchev–Trinajstić information content (AvgIpc) is 2.59. The maximum absolute atomic E-state index is 9.02. The summed E-state index contributed by atoms with van der Waals surface area (Å²) in [6, 6.07) is 13.4. The Morgan fingerprint density at radius 2 is 2.12 bits per heavy atom. The molecule has 0 fully saturated rings. The number of ether oxygens (including phenoxy) is 2. The van der Waals surface area contributed by atoms with Crippen LogP contribution in [0.4, 0.5) is 11.5 Å². The number of benzene rings is 1. The molecule has 0 aliphatic rings. The summed E-state index contributed by atoms with van der Waals surface area (Å²) >= 11 is 0. The summed E-state index contributed by atoms with van der Waals surface area (Å²) < 4.78 is 11.4. The maximum atomic E-state index is 9.02. The quantitative estimate of drug-likeness (QED) is 0.688. The number of rotatable bonds is 9. The highest BCUT2D eigenvalue weighted by atomic mass is 16.5. The summed E-state index contributed by atoms with van der Waals surface area (Å²) in [5, 5.41) is 12.2. The SMILES string of the molecule is CC(COCCCNc1cc(N)ncc1C#N)Oc1ccccc1. The third-order valence-electron chi connectivity index (χ3n) is 3.26. The number of hydrogen-bond donors (Lipinski definition) is 2. The first-order valence-electron chi connectivity index (χ1n) is 7.88. The molecule has 1 atom stereocenters.